The smallest absolute Gasteiger partial charge is 0.333 e. The Labute approximate surface area is 240 Å². The maximum absolute atomic E-state index is 14.2. The molecule has 212 valence electrons. The number of nitrogens with one attached hydrogen (secondary N) is 1. The fourth-order valence-electron chi connectivity index (χ4n) is 5.99. The van der Waals surface area contributed by atoms with Gasteiger partial charge < -0.3 is 5.32 Å². The lowest BCUT2D eigenvalue weighted by Crippen LogP contribution is -2.46. The number of halogens is 1. The highest BCUT2D eigenvalue weighted by molar-refractivity contribution is 7.99. The molecule has 0 unspecified atom stereocenters. The summed E-state index contributed by atoms with van der Waals surface area (Å²) >= 11 is 1.84. The topological polar surface area (TPSA) is 112 Å². The molecule has 3 aromatic heterocycles. The fraction of sp³-hybridized carbons (Fsp3) is 0.400. The third kappa shape index (κ3) is 5.42. The van der Waals surface area contributed by atoms with Crippen LogP contribution < -0.4 is 16.6 Å². The molecular formula is C30H31FN6O3S. The van der Waals surface area contributed by atoms with E-state index in [9.17, 15) is 18.8 Å². The highest BCUT2D eigenvalue weighted by Crippen LogP contribution is 2.30. The van der Waals surface area contributed by atoms with E-state index in [2.05, 4.69) is 20.3 Å². The van der Waals surface area contributed by atoms with Gasteiger partial charge in [0.1, 0.15) is 17.3 Å². The van der Waals surface area contributed by atoms with Crippen molar-refractivity contribution in [1.82, 2.24) is 29.4 Å². The summed E-state index contributed by atoms with van der Waals surface area (Å²) < 4.78 is 17.1. The Morgan fingerprint density at radius 2 is 1.66 bits per heavy atom. The molecule has 1 aliphatic heterocycles. The van der Waals surface area contributed by atoms with E-state index in [1.807, 2.05) is 42.1 Å². The number of nitrogens with zero attached hydrogens (tertiary/aromatic N) is 5. The molecular weight excluding hydrogens is 543 g/mol. The summed E-state index contributed by atoms with van der Waals surface area (Å²) in [5.74, 6) is 1.55. The molecule has 1 aromatic carbocycles. The standard InChI is InChI=1S/C30H31FN6O3S/c1-18-32-17-25(26(34-18)19-5-3-2-4-6-19)28(38)35-21-7-9-22(10-8-21)37-29(39)24-15-20(31)16-33-27(24)36(30(37)40)23-11-13-41-14-12-23/h2-6,15-17,21-23H,7-14H2,1H3,(H,35,38)/t21-,22+. The molecule has 1 N–H and O–H groups in total. The first-order chi connectivity index (χ1) is 19.9. The molecule has 0 spiro atoms. The average Bonchev–Trinajstić information content (AvgIpc) is 2.99. The number of hydrogen-bond donors (Lipinski definition) is 1. The molecule has 0 atom stereocenters. The van der Waals surface area contributed by atoms with Crippen molar-refractivity contribution in [3.05, 3.63) is 86.8 Å². The van der Waals surface area contributed by atoms with Crippen LogP contribution in [0.3, 0.4) is 0 Å². The molecule has 1 saturated heterocycles. The van der Waals surface area contributed by atoms with Gasteiger partial charge in [-0.05, 0) is 63.0 Å². The van der Waals surface area contributed by atoms with Gasteiger partial charge in [0.2, 0.25) is 0 Å². The van der Waals surface area contributed by atoms with Gasteiger partial charge in [0.15, 0.2) is 0 Å². The largest absolute Gasteiger partial charge is 0.349 e. The van der Waals surface area contributed by atoms with E-state index in [1.54, 1.807) is 17.7 Å². The molecule has 41 heavy (non-hydrogen) atoms. The SMILES string of the molecule is Cc1ncc(C(=O)N[C@H]2CC[C@@H](n3c(=O)c4cc(F)cnc4n(C4CCSCC4)c3=O)CC2)c(-c2ccccc2)n1. The lowest BCUT2D eigenvalue weighted by Gasteiger charge is -2.31. The normalized spacial score (nSPS) is 19.8. The van der Waals surface area contributed by atoms with E-state index in [4.69, 9.17) is 0 Å². The van der Waals surface area contributed by atoms with Gasteiger partial charge in [0.05, 0.1) is 22.8 Å². The van der Waals surface area contributed by atoms with Crippen molar-refractivity contribution < 1.29 is 9.18 Å². The van der Waals surface area contributed by atoms with Gasteiger partial charge in [0, 0.05) is 29.9 Å². The average molecular weight is 575 g/mol. The minimum atomic E-state index is -0.605. The first-order valence-corrected chi connectivity index (χ1v) is 15.2. The van der Waals surface area contributed by atoms with Crippen LogP contribution in [0.15, 0.2) is 58.4 Å². The molecule has 4 aromatic rings. The summed E-state index contributed by atoms with van der Waals surface area (Å²) in [4.78, 5) is 53.7. The first-order valence-electron chi connectivity index (χ1n) is 14.0. The number of amides is 1. The van der Waals surface area contributed by atoms with Gasteiger partial charge in [-0.15, -0.1) is 0 Å². The highest BCUT2D eigenvalue weighted by atomic mass is 32.2. The van der Waals surface area contributed by atoms with Crippen LogP contribution >= 0.6 is 11.8 Å². The van der Waals surface area contributed by atoms with Gasteiger partial charge in [-0.2, -0.15) is 11.8 Å². The molecule has 1 aliphatic carbocycles. The number of benzene rings is 1. The van der Waals surface area contributed by atoms with Gasteiger partial charge in [0.25, 0.3) is 11.5 Å². The third-order valence-corrected chi connectivity index (χ3v) is 9.13. The zero-order valence-electron chi connectivity index (χ0n) is 22.8. The van der Waals surface area contributed by atoms with Gasteiger partial charge in [-0.1, -0.05) is 30.3 Å². The maximum Gasteiger partial charge on any atom is 0.333 e. The molecule has 6 rings (SSSR count). The van der Waals surface area contributed by atoms with E-state index in [0.717, 1.165) is 36.1 Å². The quantitative estimate of drug-likeness (QED) is 0.375. The van der Waals surface area contributed by atoms with E-state index in [1.165, 1.54) is 10.6 Å². The number of aryl methyl sites for hydroxylation is 1. The van der Waals surface area contributed by atoms with Crippen LogP contribution in [0.2, 0.25) is 0 Å². The summed E-state index contributed by atoms with van der Waals surface area (Å²) in [5, 5.41) is 3.25. The minimum Gasteiger partial charge on any atom is -0.349 e. The van der Waals surface area contributed by atoms with Crippen molar-refractivity contribution >= 4 is 28.7 Å². The van der Waals surface area contributed by atoms with E-state index < -0.39 is 11.4 Å². The number of aromatic nitrogens is 5. The number of rotatable bonds is 5. The van der Waals surface area contributed by atoms with Crippen LogP contribution in [0.1, 0.15) is 66.8 Å². The van der Waals surface area contributed by atoms with E-state index >= 15 is 0 Å². The van der Waals surface area contributed by atoms with Crippen LogP contribution in [-0.4, -0.2) is 47.5 Å². The molecule has 9 nitrogen and oxygen atoms in total. The Morgan fingerprint density at radius 1 is 0.951 bits per heavy atom. The summed E-state index contributed by atoms with van der Waals surface area (Å²) in [5.41, 5.74) is 1.18. The minimum absolute atomic E-state index is 0.0813. The van der Waals surface area contributed by atoms with Crippen molar-refractivity contribution in [2.75, 3.05) is 11.5 Å². The molecule has 0 bridgehead atoms. The van der Waals surface area contributed by atoms with Gasteiger partial charge >= 0.3 is 5.69 Å². The highest BCUT2D eigenvalue weighted by Gasteiger charge is 2.30. The second kappa shape index (κ2) is 11.6. The fourth-order valence-corrected chi connectivity index (χ4v) is 7.07. The van der Waals surface area contributed by atoms with Crippen molar-refractivity contribution in [3.8, 4) is 11.3 Å². The Bertz CT molecular complexity index is 1710. The zero-order valence-corrected chi connectivity index (χ0v) is 23.6. The molecule has 4 heterocycles. The summed E-state index contributed by atoms with van der Waals surface area (Å²) in [6, 6.07) is 10.2. The van der Waals surface area contributed by atoms with Crippen molar-refractivity contribution in [1.29, 1.82) is 0 Å². The summed E-state index contributed by atoms with van der Waals surface area (Å²) in [7, 11) is 0. The third-order valence-electron chi connectivity index (χ3n) is 8.08. The molecule has 11 heteroatoms. The van der Waals surface area contributed by atoms with Crippen LogP contribution in [0.4, 0.5) is 4.39 Å². The Morgan fingerprint density at radius 3 is 2.39 bits per heavy atom. The molecule has 0 radical (unpaired) electrons. The number of carbonyl (C=O) groups excluding carboxylic acids is 1. The van der Waals surface area contributed by atoms with Crippen LogP contribution in [-0.2, 0) is 0 Å². The Kier molecular flexibility index (Phi) is 7.70. The van der Waals surface area contributed by atoms with E-state index in [0.29, 0.717) is 42.8 Å². The van der Waals surface area contributed by atoms with Crippen LogP contribution in [0, 0.1) is 12.7 Å². The zero-order chi connectivity index (χ0) is 28.5. The Balaban J connectivity index is 1.24. The maximum atomic E-state index is 14.2. The van der Waals surface area contributed by atoms with Gasteiger partial charge in [-0.25, -0.2) is 24.1 Å². The van der Waals surface area contributed by atoms with Crippen molar-refractivity contribution in [3.63, 3.8) is 0 Å². The molecule has 1 saturated carbocycles. The van der Waals surface area contributed by atoms with Crippen LogP contribution in [0.25, 0.3) is 22.3 Å². The molecule has 2 aliphatic rings. The number of carbonyl (C=O) groups is 1. The number of pyridine rings is 1. The second-order valence-corrected chi connectivity index (χ2v) is 11.9. The lowest BCUT2D eigenvalue weighted by atomic mass is 9.90. The number of fused-ring (bicyclic) bond motifs is 1. The number of thioether (sulfide) groups is 1. The number of hydrogen-bond acceptors (Lipinski definition) is 7. The predicted molar refractivity (Wildman–Crippen MR) is 157 cm³/mol. The lowest BCUT2D eigenvalue weighted by molar-refractivity contribution is 0.0921. The van der Waals surface area contributed by atoms with Gasteiger partial charge in [-0.3, -0.25) is 18.7 Å². The second-order valence-electron chi connectivity index (χ2n) is 10.7. The molecule has 2 fully saturated rings. The van der Waals surface area contributed by atoms with E-state index in [-0.39, 0.29) is 40.8 Å². The van der Waals surface area contributed by atoms with Crippen molar-refractivity contribution in [2.45, 2.75) is 63.6 Å². The first kappa shape index (κ1) is 27.3. The predicted octanol–water partition coefficient (Wildman–Crippen LogP) is 4.44. The van der Waals surface area contributed by atoms with Crippen molar-refractivity contribution in [2.24, 2.45) is 0 Å². The summed E-state index contributed by atoms with van der Waals surface area (Å²) in [6.07, 6.45) is 6.46. The van der Waals surface area contributed by atoms with Crippen LogP contribution in [0.5, 0.6) is 0 Å². The Hall–Kier alpha value is -3.86. The monoisotopic (exact) mass is 574 g/mol. The molecule has 1 amide bonds. The summed E-state index contributed by atoms with van der Waals surface area (Å²) in [6.45, 7) is 1.79.